The molecular formula is C15H19N3. The lowest BCUT2D eigenvalue weighted by atomic mass is 10.1. The Morgan fingerprint density at radius 2 is 2.06 bits per heavy atom. The van der Waals surface area contributed by atoms with E-state index in [2.05, 4.69) is 30.9 Å². The lowest BCUT2D eigenvalue weighted by Gasteiger charge is -2.22. The highest BCUT2D eigenvalue weighted by molar-refractivity contribution is 5.83. The Morgan fingerprint density at radius 1 is 1.22 bits per heavy atom. The van der Waals surface area contributed by atoms with Crippen LogP contribution in [0.5, 0.6) is 0 Å². The molecule has 1 fully saturated rings. The van der Waals surface area contributed by atoms with Gasteiger partial charge in [-0.2, -0.15) is 0 Å². The Morgan fingerprint density at radius 3 is 2.78 bits per heavy atom. The predicted molar refractivity (Wildman–Crippen MR) is 76.7 cm³/mol. The van der Waals surface area contributed by atoms with Crippen molar-refractivity contribution in [2.45, 2.75) is 26.3 Å². The van der Waals surface area contributed by atoms with Gasteiger partial charge in [0.25, 0.3) is 0 Å². The summed E-state index contributed by atoms with van der Waals surface area (Å²) in [5.74, 6) is 1.84. The SMILES string of the molecule is CC1CC(C)N(c2ccc3cc(N)ccc3n2)C1. The number of nitrogen functional groups attached to an aromatic ring is 1. The molecule has 3 rings (SSSR count). The van der Waals surface area contributed by atoms with Gasteiger partial charge in [0.15, 0.2) is 0 Å². The fraction of sp³-hybridized carbons (Fsp3) is 0.400. The number of anilines is 2. The summed E-state index contributed by atoms with van der Waals surface area (Å²) in [6.07, 6.45) is 1.25. The average Bonchev–Trinajstić information content (AvgIpc) is 2.68. The van der Waals surface area contributed by atoms with Crippen LogP contribution in [0.1, 0.15) is 20.3 Å². The predicted octanol–water partition coefficient (Wildman–Crippen LogP) is 3.05. The second kappa shape index (κ2) is 4.16. The van der Waals surface area contributed by atoms with Crippen LogP contribution in [0.15, 0.2) is 30.3 Å². The second-order valence-electron chi connectivity index (χ2n) is 5.46. The first-order valence-electron chi connectivity index (χ1n) is 6.56. The molecule has 0 bridgehead atoms. The number of fused-ring (bicyclic) bond motifs is 1. The zero-order valence-corrected chi connectivity index (χ0v) is 10.9. The van der Waals surface area contributed by atoms with Crippen molar-refractivity contribution >= 4 is 22.4 Å². The van der Waals surface area contributed by atoms with E-state index < -0.39 is 0 Å². The molecule has 0 saturated carbocycles. The van der Waals surface area contributed by atoms with E-state index in [1.165, 1.54) is 6.42 Å². The quantitative estimate of drug-likeness (QED) is 0.780. The molecule has 3 heteroatoms. The first-order valence-corrected chi connectivity index (χ1v) is 6.56. The van der Waals surface area contributed by atoms with Crippen LogP contribution in [0.3, 0.4) is 0 Å². The Bertz CT molecular complexity index is 579. The minimum absolute atomic E-state index is 0.582. The highest BCUT2D eigenvalue weighted by Crippen LogP contribution is 2.28. The molecule has 3 nitrogen and oxygen atoms in total. The first-order chi connectivity index (χ1) is 8.63. The fourth-order valence-corrected chi connectivity index (χ4v) is 2.91. The number of aromatic nitrogens is 1. The van der Waals surface area contributed by atoms with Crippen LogP contribution in [0.4, 0.5) is 11.5 Å². The van der Waals surface area contributed by atoms with Crippen molar-refractivity contribution in [1.29, 1.82) is 0 Å². The third-order valence-corrected chi connectivity index (χ3v) is 3.78. The highest BCUT2D eigenvalue weighted by Gasteiger charge is 2.26. The largest absolute Gasteiger partial charge is 0.399 e. The van der Waals surface area contributed by atoms with Crippen LogP contribution in [0, 0.1) is 5.92 Å². The number of benzene rings is 1. The molecule has 0 radical (unpaired) electrons. The van der Waals surface area contributed by atoms with E-state index >= 15 is 0 Å². The minimum Gasteiger partial charge on any atom is -0.399 e. The summed E-state index contributed by atoms with van der Waals surface area (Å²) in [4.78, 5) is 7.16. The molecule has 1 aliphatic heterocycles. The average molecular weight is 241 g/mol. The van der Waals surface area contributed by atoms with Crippen LogP contribution in [-0.4, -0.2) is 17.6 Å². The second-order valence-corrected chi connectivity index (χ2v) is 5.46. The smallest absolute Gasteiger partial charge is 0.129 e. The Balaban J connectivity index is 2.01. The molecular weight excluding hydrogens is 222 g/mol. The fourth-order valence-electron chi connectivity index (χ4n) is 2.91. The van der Waals surface area contributed by atoms with Crippen molar-refractivity contribution in [3.8, 4) is 0 Å². The summed E-state index contributed by atoms with van der Waals surface area (Å²) in [5.41, 5.74) is 7.60. The Labute approximate surface area is 108 Å². The molecule has 1 aromatic carbocycles. The van der Waals surface area contributed by atoms with Gasteiger partial charge in [0.05, 0.1) is 5.52 Å². The topological polar surface area (TPSA) is 42.1 Å². The van der Waals surface area contributed by atoms with Crippen molar-refractivity contribution in [3.63, 3.8) is 0 Å². The molecule has 94 valence electrons. The lowest BCUT2D eigenvalue weighted by molar-refractivity contribution is 0.625. The van der Waals surface area contributed by atoms with Gasteiger partial charge in [-0.3, -0.25) is 0 Å². The van der Waals surface area contributed by atoms with Crippen LogP contribution in [0.2, 0.25) is 0 Å². The standard InChI is InChI=1S/C15H19N3/c1-10-7-11(2)18(9-10)15-6-3-12-8-13(16)4-5-14(12)17-15/h3-6,8,10-11H,7,9,16H2,1-2H3. The van der Waals surface area contributed by atoms with Gasteiger partial charge in [0.1, 0.15) is 5.82 Å². The van der Waals surface area contributed by atoms with Crippen LogP contribution in [-0.2, 0) is 0 Å². The van der Waals surface area contributed by atoms with Crippen molar-refractivity contribution in [1.82, 2.24) is 4.98 Å². The van der Waals surface area contributed by atoms with Gasteiger partial charge in [-0.15, -0.1) is 0 Å². The molecule has 2 aromatic rings. The molecule has 18 heavy (non-hydrogen) atoms. The highest BCUT2D eigenvalue weighted by atomic mass is 15.2. The third-order valence-electron chi connectivity index (χ3n) is 3.78. The molecule has 1 aromatic heterocycles. The molecule has 2 N–H and O–H groups in total. The Hall–Kier alpha value is -1.77. The maximum absolute atomic E-state index is 5.79. The summed E-state index contributed by atoms with van der Waals surface area (Å²) in [6, 6.07) is 10.7. The number of pyridine rings is 1. The number of rotatable bonds is 1. The van der Waals surface area contributed by atoms with Crippen LogP contribution in [0.25, 0.3) is 10.9 Å². The number of hydrogen-bond donors (Lipinski definition) is 1. The molecule has 1 aliphatic rings. The molecule has 0 amide bonds. The van der Waals surface area contributed by atoms with Gasteiger partial charge in [0, 0.05) is 23.7 Å². The zero-order valence-electron chi connectivity index (χ0n) is 10.9. The van der Waals surface area contributed by atoms with E-state index in [1.807, 2.05) is 18.2 Å². The van der Waals surface area contributed by atoms with E-state index in [9.17, 15) is 0 Å². The molecule has 0 aliphatic carbocycles. The minimum atomic E-state index is 0.582. The van der Waals surface area contributed by atoms with Crippen molar-refractivity contribution < 1.29 is 0 Å². The van der Waals surface area contributed by atoms with Gasteiger partial charge in [0.2, 0.25) is 0 Å². The first kappa shape index (κ1) is 11.3. The van der Waals surface area contributed by atoms with Gasteiger partial charge < -0.3 is 10.6 Å². The van der Waals surface area contributed by atoms with E-state index in [1.54, 1.807) is 0 Å². The van der Waals surface area contributed by atoms with Gasteiger partial charge in [-0.05, 0) is 49.6 Å². The van der Waals surface area contributed by atoms with Crippen molar-refractivity contribution in [2.24, 2.45) is 5.92 Å². The molecule has 0 spiro atoms. The van der Waals surface area contributed by atoms with Crippen molar-refractivity contribution in [2.75, 3.05) is 17.2 Å². The zero-order chi connectivity index (χ0) is 12.7. The van der Waals surface area contributed by atoms with E-state index in [0.717, 1.165) is 34.9 Å². The Kier molecular flexibility index (Phi) is 2.62. The summed E-state index contributed by atoms with van der Waals surface area (Å²) < 4.78 is 0. The molecule has 1 saturated heterocycles. The molecule has 2 heterocycles. The summed E-state index contributed by atoms with van der Waals surface area (Å²) in [7, 11) is 0. The van der Waals surface area contributed by atoms with E-state index in [0.29, 0.717) is 6.04 Å². The van der Waals surface area contributed by atoms with Crippen LogP contribution < -0.4 is 10.6 Å². The number of hydrogen-bond acceptors (Lipinski definition) is 3. The van der Waals surface area contributed by atoms with Gasteiger partial charge in [-0.25, -0.2) is 4.98 Å². The molecule has 2 unspecified atom stereocenters. The normalized spacial score (nSPS) is 23.8. The van der Waals surface area contributed by atoms with Gasteiger partial charge >= 0.3 is 0 Å². The van der Waals surface area contributed by atoms with Crippen molar-refractivity contribution in [3.05, 3.63) is 30.3 Å². The maximum Gasteiger partial charge on any atom is 0.129 e. The summed E-state index contributed by atoms with van der Waals surface area (Å²) >= 11 is 0. The lowest BCUT2D eigenvalue weighted by Crippen LogP contribution is -2.27. The summed E-state index contributed by atoms with van der Waals surface area (Å²) in [5, 5.41) is 1.11. The van der Waals surface area contributed by atoms with E-state index in [4.69, 9.17) is 10.7 Å². The third kappa shape index (κ3) is 1.90. The summed E-state index contributed by atoms with van der Waals surface area (Å²) in [6.45, 7) is 5.69. The molecule has 2 atom stereocenters. The van der Waals surface area contributed by atoms with E-state index in [-0.39, 0.29) is 0 Å². The maximum atomic E-state index is 5.79. The number of nitrogens with zero attached hydrogens (tertiary/aromatic N) is 2. The van der Waals surface area contributed by atoms with Crippen LogP contribution >= 0.6 is 0 Å². The monoisotopic (exact) mass is 241 g/mol. The number of nitrogens with two attached hydrogens (primary N) is 1. The van der Waals surface area contributed by atoms with Gasteiger partial charge in [-0.1, -0.05) is 6.92 Å².